The molecule has 2 aromatic rings. The molecular formula is C18H17F3N2O5S2. The Morgan fingerprint density at radius 3 is 2.40 bits per heavy atom. The molecule has 2 aromatic carbocycles. The predicted molar refractivity (Wildman–Crippen MR) is 103 cm³/mol. The van der Waals surface area contributed by atoms with Gasteiger partial charge in [0.1, 0.15) is 0 Å². The van der Waals surface area contributed by atoms with Gasteiger partial charge in [-0.2, -0.15) is 13.2 Å². The van der Waals surface area contributed by atoms with Crippen molar-refractivity contribution in [2.24, 2.45) is 0 Å². The number of carbonyl (C=O) groups excluding carboxylic acids is 1. The van der Waals surface area contributed by atoms with E-state index in [1.54, 1.807) is 4.72 Å². The van der Waals surface area contributed by atoms with E-state index in [0.717, 1.165) is 22.5 Å². The van der Waals surface area contributed by atoms with Crippen molar-refractivity contribution < 1.29 is 34.8 Å². The molecular weight excluding hydrogens is 445 g/mol. The minimum absolute atomic E-state index is 0.0496. The number of rotatable bonds is 4. The number of nitrogens with one attached hydrogen (secondary N) is 1. The lowest BCUT2D eigenvalue weighted by Gasteiger charge is -2.28. The maximum Gasteiger partial charge on any atom is 0.417 e. The van der Waals surface area contributed by atoms with Crippen LogP contribution in [-0.2, 0) is 26.2 Å². The highest BCUT2D eigenvalue weighted by molar-refractivity contribution is 7.92. The Bertz CT molecular complexity index is 1180. The Hall–Kier alpha value is -2.60. The highest BCUT2D eigenvalue weighted by atomic mass is 32.2. The summed E-state index contributed by atoms with van der Waals surface area (Å²) >= 11 is 0. The number of amides is 1. The van der Waals surface area contributed by atoms with E-state index in [2.05, 4.69) is 0 Å². The van der Waals surface area contributed by atoms with E-state index in [1.807, 2.05) is 0 Å². The van der Waals surface area contributed by atoms with Gasteiger partial charge in [-0.15, -0.1) is 0 Å². The molecule has 1 saturated heterocycles. The van der Waals surface area contributed by atoms with Gasteiger partial charge in [0.05, 0.1) is 21.9 Å². The van der Waals surface area contributed by atoms with Gasteiger partial charge in [-0.3, -0.25) is 9.10 Å². The fourth-order valence-corrected chi connectivity index (χ4v) is 5.89. The zero-order chi connectivity index (χ0) is 22.2. The van der Waals surface area contributed by atoms with Crippen LogP contribution < -0.4 is 9.03 Å². The van der Waals surface area contributed by atoms with Crippen LogP contribution in [0.15, 0.2) is 53.4 Å². The minimum atomic E-state index is -4.93. The molecule has 0 radical (unpaired) electrons. The van der Waals surface area contributed by atoms with Crippen molar-refractivity contribution in [3.8, 4) is 0 Å². The molecule has 30 heavy (non-hydrogen) atoms. The number of sulfonamides is 2. The summed E-state index contributed by atoms with van der Waals surface area (Å²) in [5.74, 6) is -1.23. The van der Waals surface area contributed by atoms with Crippen molar-refractivity contribution in [2.45, 2.75) is 23.9 Å². The van der Waals surface area contributed by atoms with Crippen molar-refractivity contribution in [3.05, 3.63) is 59.7 Å². The Morgan fingerprint density at radius 2 is 1.73 bits per heavy atom. The summed E-state index contributed by atoms with van der Waals surface area (Å²) in [5.41, 5.74) is -1.43. The summed E-state index contributed by atoms with van der Waals surface area (Å²) < 4.78 is 91.5. The van der Waals surface area contributed by atoms with Gasteiger partial charge < -0.3 is 0 Å². The highest BCUT2D eigenvalue weighted by Gasteiger charge is 2.37. The van der Waals surface area contributed by atoms with Gasteiger partial charge in [0.15, 0.2) is 0 Å². The van der Waals surface area contributed by atoms with Crippen LogP contribution in [0.4, 0.5) is 18.9 Å². The van der Waals surface area contributed by atoms with Gasteiger partial charge in [0.2, 0.25) is 10.0 Å². The number of alkyl halides is 3. The van der Waals surface area contributed by atoms with Crippen molar-refractivity contribution in [2.75, 3.05) is 16.6 Å². The average molecular weight is 462 g/mol. The molecule has 1 aliphatic rings. The first-order chi connectivity index (χ1) is 13.9. The fourth-order valence-electron chi connectivity index (χ4n) is 3.05. The third-order valence-electron chi connectivity index (χ3n) is 4.45. The molecule has 0 aromatic heterocycles. The topological polar surface area (TPSA) is 101 Å². The molecule has 0 aliphatic carbocycles. The standard InChI is InChI=1S/C18H17F3N2O5S2/c19-18(20,21)15-8-1-2-9-16(15)30(27,28)22-17(24)13-6-5-7-14(12-13)23-10-3-4-11-29(23,25)26/h1-2,5-9,12H,3-4,10-11H2,(H,22,24). The molecule has 1 N–H and O–H groups in total. The highest BCUT2D eigenvalue weighted by Crippen LogP contribution is 2.34. The molecule has 0 unspecified atom stereocenters. The predicted octanol–water partition coefficient (Wildman–Crippen LogP) is 2.75. The smallest absolute Gasteiger partial charge is 0.270 e. The van der Waals surface area contributed by atoms with E-state index in [4.69, 9.17) is 0 Å². The largest absolute Gasteiger partial charge is 0.417 e. The van der Waals surface area contributed by atoms with Gasteiger partial charge in [-0.1, -0.05) is 18.2 Å². The SMILES string of the molecule is O=C(NS(=O)(=O)c1ccccc1C(F)(F)F)c1cccc(N2CCCCS2(=O)=O)c1. The summed E-state index contributed by atoms with van der Waals surface area (Å²) in [4.78, 5) is 11.4. The molecule has 0 saturated carbocycles. The first-order valence-corrected chi connectivity index (χ1v) is 11.8. The molecule has 1 amide bonds. The van der Waals surface area contributed by atoms with Crippen LogP contribution in [-0.4, -0.2) is 35.0 Å². The normalized spacial score (nSPS) is 16.8. The first-order valence-electron chi connectivity index (χ1n) is 8.76. The third-order valence-corrected chi connectivity index (χ3v) is 7.71. The zero-order valence-corrected chi connectivity index (χ0v) is 17.0. The van der Waals surface area contributed by atoms with Gasteiger partial charge >= 0.3 is 6.18 Å². The quantitative estimate of drug-likeness (QED) is 0.753. The Kier molecular flexibility index (Phi) is 5.83. The Morgan fingerprint density at radius 1 is 1.03 bits per heavy atom. The first kappa shape index (κ1) is 22.1. The number of halogens is 3. The van der Waals surface area contributed by atoms with E-state index >= 15 is 0 Å². The third kappa shape index (κ3) is 4.59. The van der Waals surface area contributed by atoms with E-state index in [0.29, 0.717) is 18.9 Å². The van der Waals surface area contributed by atoms with E-state index < -0.39 is 42.6 Å². The lowest BCUT2D eigenvalue weighted by atomic mass is 10.2. The maximum atomic E-state index is 13.1. The fraction of sp³-hybridized carbons (Fsp3) is 0.278. The van der Waals surface area contributed by atoms with Gasteiger partial charge in [0, 0.05) is 12.1 Å². The maximum absolute atomic E-state index is 13.1. The number of anilines is 1. The molecule has 0 spiro atoms. The molecule has 162 valence electrons. The second-order valence-corrected chi connectivity index (χ2v) is 10.2. The lowest BCUT2D eigenvalue weighted by molar-refractivity contribution is -0.139. The van der Waals surface area contributed by atoms with Gasteiger partial charge in [0.25, 0.3) is 15.9 Å². The monoisotopic (exact) mass is 462 g/mol. The number of benzene rings is 2. The minimum Gasteiger partial charge on any atom is -0.270 e. The van der Waals surface area contributed by atoms with Crippen molar-refractivity contribution in [1.82, 2.24) is 4.72 Å². The summed E-state index contributed by atoms with van der Waals surface area (Å²) in [6.07, 6.45) is -3.80. The molecule has 1 fully saturated rings. The zero-order valence-electron chi connectivity index (χ0n) is 15.4. The van der Waals surface area contributed by atoms with Crippen LogP contribution in [0.25, 0.3) is 0 Å². The summed E-state index contributed by atoms with van der Waals surface area (Å²) in [5, 5.41) is 0. The molecule has 3 rings (SSSR count). The Balaban J connectivity index is 1.90. The van der Waals surface area contributed by atoms with Crippen molar-refractivity contribution >= 4 is 31.6 Å². The molecule has 0 atom stereocenters. The molecule has 1 heterocycles. The molecule has 0 bridgehead atoms. The van der Waals surface area contributed by atoms with Crippen LogP contribution in [0.5, 0.6) is 0 Å². The Labute approximate surface area is 171 Å². The van der Waals surface area contributed by atoms with Crippen LogP contribution in [0, 0.1) is 0 Å². The number of carbonyl (C=O) groups is 1. The molecule has 12 heteroatoms. The summed E-state index contributed by atoms with van der Waals surface area (Å²) in [6, 6.07) is 8.72. The van der Waals surface area contributed by atoms with Crippen LogP contribution in [0.2, 0.25) is 0 Å². The van der Waals surface area contributed by atoms with E-state index in [1.165, 1.54) is 24.3 Å². The molecule has 1 aliphatic heterocycles. The van der Waals surface area contributed by atoms with E-state index in [-0.39, 0.29) is 23.5 Å². The van der Waals surface area contributed by atoms with Crippen molar-refractivity contribution in [1.29, 1.82) is 0 Å². The van der Waals surface area contributed by atoms with Gasteiger partial charge in [-0.25, -0.2) is 21.6 Å². The van der Waals surface area contributed by atoms with Crippen LogP contribution in [0.3, 0.4) is 0 Å². The number of nitrogens with zero attached hydrogens (tertiary/aromatic N) is 1. The summed E-state index contributed by atoms with van der Waals surface area (Å²) in [6.45, 7) is 0.213. The van der Waals surface area contributed by atoms with Crippen molar-refractivity contribution in [3.63, 3.8) is 0 Å². The average Bonchev–Trinajstić information content (AvgIpc) is 2.67. The van der Waals surface area contributed by atoms with Crippen LogP contribution >= 0.6 is 0 Å². The number of hydrogen-bond acceptors (Lipinski definition) is 5. The van der Waals surface area contributed by atoms with Gasteiger partial charge in [-0.05, 0) is 43.2 Å². The summed E-state index contributed by atoms with van der Waals surface area (Å²) in [7, 11) is -8.39. The molecule has 7 nitrogen and oxygen atoms in total. The van der Waals surface area contributed by atoms with E-state index in [9.17, 15) is 34.8 Å². The lowest BCUT2D eigenvalue weighted by Crippen LogP contribution is -2.38. The number of hydrogen-bond donors (Lipinski definition) is 1. The van der Waals surface area contributed by atoms with Crippen LogP contribution in [0.1, 0.15) is 28.8 Å². The second kappa shape index (κ2) is 7.91. The second-order valence-electron chi connectivity index (χ2n) is 6.57.